The Morgan fingerprint density at radius 1 is 1.26 bits per heavy atom. The standard InChI is InChI=1S/C13H21N3O3/c1-4-19-13-9(14)5-6-12(15-13)16-7-10(17-2)11(8-16)18-3/h5-6,10-11H,4,7-8,14H2,1-3H3. The smallest absolute Gasteiger partial charge is 0.239 e. The molecule has 0 radical (unpaired) electrons. The summed E-state index contributed by atoms with van der Waals surface area (Å²) in [5.74, 6) is 1.31. The molecule has 106 valence electrons. The van der Waals surface area contributed by atoms with Gasteiger partial charge < -0.3 is 24.8 Å². The maximum absolute atomic E-state index is 5.83. The van der Waals surface area contributed by atoms with E-state index in [0.717, 1.165) is 18.9 Å². The van der Waals surface area contributed by atoms with Gasteiger partial charge in [0, 0.05) is 27.3 Å². The maximum atomic E-state index is 5.83. The fraction of sp³-hybridized carbons (Fsp3) is 0.615. The summed E-state index contributed by atoms with van der Waals surface area (Å²) in [5, 5.41) is 0. The van der Waals surface area contributed by atoms with Crippen LogP contribution in [-0.4, -0.2) is 51.1 Å². The van der Waals surface area contributed by atoms with Crippen LogP contribution in [0.1, 0.15) is 6.92 Å². The fourth-order valence-corrected chi connectivity index (χ4v) is 2.25. The van der Waals surface area contributed by atoms with Crippen LogP contribution < -0.4 is 15.4 Å². The SMILES string of the molecule is CCOc1nc(N2CC(OC)C(OC)C2)ccc1N. The predicted octanol–water partition coefficient (Wildman–Crippen LogP) is 0.912. The zero-order chi connectivity index (χ0) is 13.8. The number of hydrogen-bond donors (Lipinski definition) is 1. The molecule has 1 aliphatic heterocycles. The third-order valence-electron chi connectivity index (χ3n) is 3.30. The van der Waals surface area contributed by atoms with Crippen molar-refractivity contribution in [3.8, 4) is 5.88 Å². The highest BCUT2D eigenvalue weighted by Crippen LogP contribution is 2.26. The normalized spacial score (nSPS) is 22.8. The number of pyridine rings is 1. The molecule has 0 spiro atoms. The number of anilines is 2. The molecule has 19 heavy (non-hydrogen) atoms. The average Bonchev–Trinajstić information content (AvgIpc) is 2.84. The highest BCUT2D eigenvalue weighted by Gasteiger charge is 2.33. The third-order valence-corrected chi connectivity index (χ3v) is 3.30. The van der Waals surface area contributed by atoms with E-state index < -0.39 is 0 Å². The Kier molecular flexibility index (Phi) is 4.44. The van der Waals surface area contributed by atoms with Gasteiger partial charge >= 0.3 is 0 Å². The Morgan fingerprint density at radius 2 is 1.89 bits per heavy atom. The van der Waals surface area contributed by atoms with Gasteiger partial charge in [0.1, 0.15) is 18.0 Å². The molecule has 0 saturated carbocycles. The van der Waals surface area contributed by atoms with E-state index in [2.05, 4.69) is 9.88 Å². The van der Waals surface area contributed by atoms with Crippen molar-refractivity contribution in [2.24, 2.45) is 0 Å². The second kappa shape index (κ2) is 6.08. The molecule has 0 amide bonds. The van der Waals surface area contributed by atoms with Crippen LogP contribution in [0.4, 0.5) is 11.5 Å². The second-order valence-electron chi connectivity index (χ2n) is 4.45. The number of nitrogen functional groups attached to an aromatic ring is 1. The van der Waals surface area contributed by atoms with E-state index in [9.17, 15) is 0 Å². The van der Waals surface area contributed by atoms with Gasteiger partial charge in [-0.25, -0.2) is 0 Å². The van der Waals surface area contributed by atoms with E-state index in [-0.39, 0.29) is 12.2 Å². The van der Waals surface area contributed by atoms with Crippen LogP contribution in [-0.2, 0) is 9.47 Å². The summed E-state index contributed by atoms with van der Waals surface area (Å²) in [4.78, 5) is 6.56. The van der Waals surface area contributed by atoms with E-state index >= 15 is 0 Å². The van der Waals surface area contributed by atoms with E-state index in [4.69, 9.17) is 19.9 Å². The molecule has 6 nitrogen and oxygen atoms in total. The number of nitrogens with zero attached hydrogens (tertiary/aromatic N) is 2. The predicted molar refractivity (Wildman–Crippen MR) is 73.6 cm³/mol. The topological polar surface area (TPSA) is 69.8 Å². The van der Waals surface area contributed by atoms with Crippen molar-refractivity contribution in [1.29, 1.82) is 0 Å². The number of aromatic nitrogens is 1. The summed E-state index contributed by atoms with van der Waals surface area (Å²) >= 11 is 0. The molecule has 2 unspecified atom stereocenters. The maximum Gasteiger partial charge on any atom is 0.239 e. The van der Waals surface area contributed by atoms with Gasteiger partial charge in [0.05, 0.1) is 12.3 Å². The molecular formula is C13H21N3O3. The first-order chi connectivity index (χ1) is 9.19. The van der Waals surface area contributed by atoms with Crippen LogP contribution >= 0.6 is 0 Å². The van der Waals surface area contributed by atoms with Crippen LogP contribution in [0.15, 0.2) is 12.1 Å². The lowest BCUT2D eigenvalue weighted by Gasteiger charge is -2.18. The Balaban J connectivity index is 2.16. The van der Waals surface area contributed by atoms with Gasteiger partial charge in [-0.15, -0.1) is 0 Å². The number of methoxy groups -OCH3 is 2. The van der Waals surface area contributed by atoms with Gasteiger partial charge in [0.2, 0.25) is 5.88 Å². The molecule has 0 aromatic carbocycles. The summed E-state index contributed by atoms with van der Waals surface area (Å²) in [5.41, 5.74) is 6.38. The Morgan fingerprint density at radius 3 is 2.42 bits per heavy atom. The van der Waals surface area contributed by atoms with E-state index in [1.54, 1.807) is 14.2 Å². The van der Waals surface area contributed by atoms with Crippen LogP contribution in [0.3, 0.4) is 0 Å². The molecule has 2 rings (SSSR count). The lowest BCUT2D eigenvalue weighted by molar-refractivity contribution is -0.00461. The molecule has 0 bridgehead atoms. The average molecular weight is 267 g/mol. The summed E-state index contributed by atoms with van der Waals surface area (Å²) in [6.07, 6.45) is 0.111. The number of nitrogens with two attached hydrogens (primary N) is 1. The van der Waals surface area contributed by atoms with E-state index in [0.29, 0.717) is 18.2 Å². The molecule has 1 saturated heterocycles. The van der Waals surface area contributed by atoms with Crippen molar-refractivity contribution in [2.75, 3.05) is 44.5 Å². The molecule has 0 aliphatic carbocycles. The largest absolute Gasteiger partial charge is 0.476 e. The summed E-state index contributed by atoms with van der Waals surface area (Å²) in [6, 6.07) is 3.71. The van der Waals surface area contributed by atoms with Crippen LogP contribution in [0.25, 0.3) is 0 Å². The number of hydrogen-bond acceptors (Lipinski definition) is 6. The summed E-state index contributed by atoms with van der Waals surface area (Å²) < 4.78 is 16.3. The highest BCUT2D eigenvalue weighted by atomic mass is 16.5. The molecule has 2 N–H and O–H groups in total. The minimum atomic E-state index is 0.0555. The molecule has 1 fully saturated rings. The molecule has 1 aliphatic rings. The van der Waals surface area contributed by atoms with E-state index in [1.165, 1.54) is 0 Å². The first kappa shape index (κ1) is 13.9. The lowest BCUT2D eigenvalue weighted by Crippen LogP contribution is -2.27. The Hall–Kier alpha value is -1.53. The molecule has 2 atom stereocenters. The van der Waals surface area contributed by atoms with Crippen molar-refractivity contribution in [1.82, 2.24) is 4.98 Å². The minimum Gasteiger partial charge on any atom is -0.476 e. The van der Waals surface area contributed by atoms with Crippen LogP contribution in [0, 0.1) is 0 Å². The van der Waals surface area contributed by atoms with E-state index in [1.807, 2.05) is 19.1 Å². The highest BCUT2D eigenvalue weighted by molar-refractivity contribution is 5.55. The molecule has 2 heterocycles. The minimum absolute atomic E-state index is 0.0555. The van der Waals surface area contributed by atoms with Crippen LogP contribution in [0.5, 0.6) is 5.88 Å². The monoisotopic (exact) mass is 267 g/mol. The number of rotatable bonds is 5. The first-order valence-corrected chi connectivity index (χ1v) is 6.39. The van der Waals surface area contributed by atoms with Gasteiger partial charge in [-0.05, 0) is 19.1 Å². The van der Waals surface area contributed by atoms with Crippen molar-refractivity contribution >= 4 is 11.5 Å². The van der Waals surface area contributed by atoms with Crippen molar-refractivity contribution in [3.05, 3.63) is 12.1 Å². The third kappa shape index (κ3) is 2.90. The number of ether oxygens (including phenoxy) is 3. The molecule has 1 aromatic heterocycles. The fourth-order valence-electron chi connectivity index (χ4n) is 2.25. The van der Waals surface area contributed by atoms with Crippen LogP contribution in [0.2, 0.25) is 0 Å². The quantitative estimate of drug-likeness (QED) is 0.855. The molecular weight excluding hydrogens is 246 g/mol. The van der Waals surface area contributed by atoms with Crippen molar-refractivity contribution in [3.63, 3.8) is 0 Å². The first-order valence-electron chi connectivity index (χ1n) is 6.39. The van der Waals surface area contributed by atoms with Gasteiger partial charge in [0.15, 0.2) is 0 Å². The Bertz CT molecular complexity index is 416. The second-order valence-corrected chi connectivity index (χ2v) is 4.45. The van der Waals surface area contributed by atoms with Crippen molar-refractivity contribution in [2.45, 2.75) is 19.1 Å². The lowest BCUT2D eigenvalue weighted by atomic mass is 10.3. The molecule has 1 aromatic rings. The van der Waals surface area contributed by atoms with Gasteiger partial charge in [0.25, 0.3) is 0 Å². The van der Waals surface area contributed by atoms with Gasteiger partial charge in [-0.2, -0.15) is 4.98 Å². The van der Waals surface area contributed by atoms with Gasteiger partial charge in [-0.1, -0.05) is 0 Å². The van der Waals surface area contributed by atoms with Crippen molar-refractivity contribution < 1.29 is 14.2 Å². The summed E-state index contributed by atoms with van der Waals surface area (Å²) in [7, 11) is 3.39. The Labute approximate surface area is 113 Å². The zero-order valence-corrected chi connectivity index (χ0v) is 11.6. The zero-order valence-electron chi connectivity index (χ0n) is 11.6. The molecule has 6 heteroatoms. The summed E-state index contributed by atoms with van der Waals surface area (Å²) in [6.45, 7) is 3.95. The van der Waals surface area contributed by atoms with Gasteiger partial charge in [-0.3, -0.25) is 0 Å².